The monoisotopic (exact) mass is 417 g/mol. The molecule has 1 aromatic heterocycles. The lowest BCUT2D eigenvalue weighted by Crippen LogP contribution is -2.30. The summed E-state index contributed by atoms with van der Waals surface area (Å²) in [6, 6.07) is 0. The van der Waals surface area contributed by atoms with Crippen molar-refractivity contribution in [3.8, 4) is 0 Å². The number of rotatable bonds is 5. The number of aromatic nitrogens is 1. The van der Waals surface area contributed by atoms with Crippen molar-refractivity contribution in [2.24, 2.45) is 11.3 Å². The molecule has 2 unspecified atom stereocenters. The Balaban J connectivity index is 0.000000575. The topological polar surface area (TPSA) is 59.4 Å². The van der Waals surface area contributed by atoms with Crippen molar-refractivity contribution in [2.45, 2.75) is 111 Å². The number of hydrogen-bond acceptors (Lipinski definition) is 4. The van der Waals surface area contributed by atoms with Gasteiger partial charge in [-0.1, -0.05) is 60.3 Å². The Morgan fingerprint density at radius 1 is 1.17 bits per heavy atom. The molecule has 0 spiro atoms. The number of carbonyl (C=O) groups excluding carboxylic acids is 1. The Bertz CT molecular complexity index is 705. The van der Waals surface area contributed by atoms with Crippen molar-refractivity contribution in [1.82, 2.24) is 4.98 Å². The molecular formula is C26H43NO3. The van der Waals surface area contributed by atoms with E-state index in [1.54, 1.807) is 7.11 Å². The Labute approximate surface area is 183 Å². The molecule has 0 aromatic carbocycles. The molecule has 0 saturated heterocycles. The lowest BCUT2D eigenvalue weighted by atomic mass is 9.70. The molecule has 0 radical (unpaired) electrons. The van der Waals surface area contributed by atoms with Crippen LogP contribution in [0.2, 0.25) is 0 Å². The first-order valence-corrected chi connectivity index (χ1v) is 11.9. The minimum Gasteiger partial charge on any atom is -0.388 e. The molecule has 1 heterocycles. The maximum Gasteiger partial charge on any atom is 0.152 e. The van der Waals surface area contributed by atoms with Gasteiger partial charge >= 0.3 is 0 Å². The van der Waals surface area contributed by atoms with E-state index in [2.05, 4.69) is 34.6 Å². The van der Waals surface area contributed by atoms with Gasteiger partial charge < -0.3 is 9.84 Å². The van der Waals surface area contributed by atoms with Crippen LogP contribution in [0.5, 0.6) is 0 Å². The number of aliphatic hydroxyl groups excluding tert-OH is 1. The minimum absolute atomic E-state index is 0.0134. The molecule has 1 fully saturated rings. The van der Waals surface area contributed by atoms with Crippen molar-refractivity contribution in [2.75, 3.05) is 7.11 Å². The number of aliphatic hydroxyl groups is 1. The predicted molar refractivity (Wildman–Crippen MR) is 123 cm³/mol. The van der Waals surface area contributed by atoms with Crippen LogP contribution in [0, 0.1) is 11.3 Å². The molecule has 1 N–H and O–H groups in total. The summed E-state index contributed by atoms with van der Waals surface area (Å²) in [7, 11) is 1.65. The fourth-order valence-electron chi connectivity index (χ4n) is 4.74. The van der Waals surface area contributed by atoms with Crippen LogP contribution >= 0.6 is 0 Å². The fraction of sp³-hybridized carbons (Fsp3) is 0.769. The first-order chi connectivity index (χ1) is 14.1. The van der Waals surface area contributed by atoms with Gasteiger partial charge in [-0.2, -0.15) is 0 Å². The third-order valence-corrected chi connectivity index (χ3v) is 6.83. The van der Waals surface area contributed by atoms with E-state index < -0.39 is 6.10 Å². The maximum absolute atomic E-state index is 12.1. The van der Waals surface area contributed by atoms with Gasteiger partial charge in [0.2, 0.25) is 0 Å². The van der Waals surface area contributed by atoms with Crippen LogP contribution in [0.25, 0.3) is 0 Å². The van der Waals surface area contributed by atoms with E-state index in [-0.39, 0.29) is 11.5 Å². The van der Waals surface area contributed by atoms with E-state index >= 15 is 0 Å². The summed E-state index contributed by atoms with van der Waals surface area (Å²) in [5.41, 5.74) is 4.40. The van der Waals surface area contributed by atoms with E-state index in [4.69, 9.17) is 9.72 Å². The van der Waals surface area contributed by atoms with Gasteiger partial charge in [-0.05, 0) is 55.4 Å². The van der Waals surface area contributed by atoms with Crippen LogP contribution in [-0.2, 0) is 11.2 Å². The quantitative estimate of drug-likeness (QED) is 0.541. The summed E-state index contributed by atoms with van der Waals surface area (Å²) in [5.74, 6) is 1.24. The van der Waals surface area contributed by atoms with Gasteiger partial charge in [-0.3, -0.25) is 9.78 Å². The number of fused-ring (bicyclic) bond motifs is 1. The molecule has 170 valence electrons. The average Bonchev–Trinajstić information content (AvgIpc) is 2.71. The second-order valence-electron chi connectivity index (χ2n) is 10.4. The van der Waals surface area contributed by atoms with Crippen molar-refractivity contribution in [1.29, 1.82) is 0 Å². The highest BCUT2D eigenvalue weighted by molar-refractivity contribution is 5.81. The van der Waals surface area contributed by atoms with Crippen molar-refractivity contribution in [3.05, 3.63) is 28.1 Å². The normalized spacial score (nSPS) is 22.1. The highest BCUT2D eigenvalue weighted by Crippen LogP contribution is 2.47. The smallest absolute Gasteiger partial charge is 0.152 e. The number of methoxy groups -OCH3 is 1. The summed E-state index contributed by atoms with van der Waals surface area (Å²) in [5, 5.41) is 10.9. The first kappa shape index (κ1) is 25.0. The van der Waals surface area contributed by atoms with E-state index in [0.29, 0.717) is 11.5 Å². The zero-order valence-corrected chi connectivity index (χ0v) is 20.3. The minimum atomic E-state index is -0.534. The fourth-order valence-corrected chi connectivity index (χ4v) is 4.74. The van der Waals surface area contributed by atoms with Gasteiger partial charge in [-0.25, -0.2) is 0 Å². The Morgan fingerprint density at radius 3 is 2.27 bits per heavy atom. The highest BCUT2D eigenvalue weighted by Gasteiger charge is 2.38. The maximum atomic E-state index is 12.1. The third-order valence-electron chi connectivity index (χ3n) is 6.83. The van der Waals surface area contributed by atoms with Crippen LogP contribution in [-0.4, -0.2) is 23.5 Å². The van der Waals surface area contributed by atoms with E-state index in [1.165, 1.54) is 25.7 Å². The van der Waals surface area contributed by atoms with Gasteiger partial charge in [0.25, 0.3) is 0 Å². The number of hydrogen-bond donors (Lipinski definition) is 1. The van der Waals surface area contributed by atoms with Gasteiger partial charge in [0.05, 0.1) is 17.9 Å². The molecule has 3 rings (SSSR count). The standard InChI is InChI=1S/C21H31NO3.C5H12/c1-13(25-4)20-15(12-23)18(14-8-6-5-7-9-14)19-16(22-20)10-21(2,3)11-17(19)24;1-4-5(2)3/h12-14,17,24H,5-11H2,1-4H3;5H,4H2,1-3H3. The molecule has 2 aliphatic rings. The summed E-state index contributed by atoms with van der Waals surface area (Å²) in [6.45, 7) is 12.9. The largest absolute Gasteiger partial charge is 0.388 e. The van der Waals surface area contributed by atoms with Crippen LogP contribution in [0.3, 0.4) is 0 Å². The summed E-state index contributed by atoms with van der Waals surface area (Å²) < 4.78 is 5.51. The molecule has 0 aliphatic heterocycles. The van der Waals surface area contributed by atoms with E-state index in [1.807, 2.05) is 6.92 Å². The molecule has 0 amide bonds. The van der Waals surface area contributed by atoms with Gasteiger partial charge in [0.15, 0.2) is 6.29 Å². The highest BCUT2D eigenvalue weighted by atomic mass is 16.5. The predicted octanol–water partition coefficient (Wildman–Crippen LogP) is 6.71. The van der Waals surface area contributed by atoms with Gasteiger partial charge in [0.1, 0.15) is 0 Å². The molecule has 4 nitrogen and oxygen atoms in total. The number of carbonyl (C=O) groups is 1. The van der Waals surface area contributed by atoms with Crippen molar-refractivity contribution < 1.29 is 14.6 Å². The first-order valence-electron chi connectivity index (χ1n) is 11.9. The molecule has 1 aromatic rings. The van der Waals surface area contributed by atoms with Crippen LogP contribution in [0.15, 0.2) is 0 Å². The Kier molecular flexibility index (Phi) is 9.05. The number of nitrogens with zero attached hydrogens (tertiary/aromatic N) is 1. The average molecular weight is 418 g/mol. The van der Waals surface area contributed by atoms with Crippen molar-refractivity contribution in [3.63, 3.8) is 0 Å². The molecule has 4 heteroatoms. The lowest BCUT2D eigenvalue weighted by Gasteiger charge is -2.38. The van der Waals surface area contributed by atoms with Gasteiger partial charge in [0, 0.05) is 23.9 Å². The van der Waals surface area contributed by atoms with E-state index in [9.17, 15) is 9.90 Å². The molecule has 2 atom stereocenters. The molecular weight excluding hydrogens is 374 g/mol. The van der Waals surface area contributed by atoms with E-state index in [0.717, 1.165) is 60.4 Å². The zero-order valence-electron chi connectivity index (χ0n) is 20.3. The number of aldehydes is 1. The van der Waals surface area contributed by atoms with Crippen molar-refractivity contribution >= 4 is 6.29 Å². The SMILES string of the molecule is CCC(C)C.COC(C)c1nc2c(c(C3CCCCC3)c1C=O)C(O)CC(C)(C)C2. The Hall–Kier alpha value is -1.26. The lowest BCUT2D eigenvalue weighted by molar-refractivity contribution is 0.0926. The molecule has 1 saturated carbocycles. The second kappa shape index (κ2) is 10.9. The summed E-state index contributed by atoms with van der Waals surface area (Å²) >= 11 is 0. The number of ether oxygens (including phenoxy) is 1. The number of pyridine rings is 1. The zero-order chi connectivity index (χ0) is 22.5. The van der Waals surface area contributed by atoms with Crippen LogP contribution in [0.1, 0.15) is 137 Å². The summed E-state index contributed by atoms with van der Waals surface area (Å²) in [6.07, 6.45) is 8.87. The van der Waals surface area contributed by atoms with Gasteiger partial charge in [-0.15, -0.1) is 0 Å². The second-order valence-corrected chi connectivity index (χ2v) is 10.4. The Morgan fingerprint density at radius 2 is 1.77 bits per heavy atom. The molecule has 30 heavy (non-hydrogen) atoms. The van der Waals surface area contributed by atoms with Crippen LogP contribution in [0.4, 0.5) is 0 Å². The summed E-state index contributed by atoms with van der Waals surface area (Å²) in [4.78, 5) is 16.9. The molecule has 0 bridgehead atoms. The van der Waals surface area contributed by atoms with Crippen LogP contribution < -0.4 is 0 Å². The molecule has 2 aliphatic carbocycles. The third kappa shape index (κ3) is 5.91.